The van der Waals surface area contributed by atoms with Crippen molar-refractivity contribution in [2.75, 3.05) is 45.8 Å². The van der Waals surface area contributed by atoms with Gasteiger partial charge < -0.3 is 35.4 Å². The number of phenols is 2. The summed E-state index contributed by atoms with van der Waals surface area (Å²) in [6, 6.07) is 18.0. The number of likely N-dealkylation sites (tertiary alicyclic amines) is 1. The zero-order valence-corrected chi connectivity index (χ0v) is 44.2. The van der Waals surface area contributed by atoms with Gasteiger partial charge in [0.15, 0.2) is 11.9 Å². The second-order valence-corrected chi connectivity index (χ2v) is 20.7. The molecule has 2 fully saturated rings. The molecule has 0 spiro atoms. The first kappa shape index (κ1) is 52.7. The lowest BCUT2D eigenvalue weighted by Crippen LogP contribution is -2.53. The number of aromatic hydroxyl groups is 2. The zero-order valence-electron chi connectivity index (χ0n) is 44.2. The van der Waals surface area contributed by atoms with Crippen molar-refractivity contribution in [2.24, 2.45) is 7.05 Å². The third-order valence-corrected chi connectivity index (χ3v) is 14.3. The number of fused-ring (bicyclic) bond motifs is 3. The molecule has 4 N–H and O–H groups in total. The molecule has 2 aromatic carbocycles. The highest BCUT2D eigenvalue weighted by Gasteiger charge is 2.34. The molecule has 2 aliphatic heterocycles. The number of pyridine rings is 3. The van der Waals surface area contributed by atoms with Crippen LogP contribution < -0.4 is 16.3 Å². The maximum Gasteiger partial charge on any atom is 0.408 e. The molecule has 4 amide bonds. The quantitative estimate of drug-likeness (QED) is 0.0980. The summed E-state index contributed by atoms with van der Waals surface area (Å²) in [6.45, 7) is 16.5. The van der Waals surface area contributed by atoms with E-state index >= 15 is 0 Å². The summed E-state index contributed by atoms with van der Waals surface area (Å²) in [7, 11) is 1.72. The summed E-state index contributed by atoms with van der Waals surface area (Å²) >= 11 is 0. The number of carbonyl (C=O) groups is 4. The van der Waals surface area contributed by atoms with Crippen molar-refractivity contribution in [3.05, 3.63) is 106 Å². The first-order chi connectivity index (χ1) is 36.3. The van der Waals surface area contributed by atoms with E-state index in [1.54, 1.807) is 69.8 Å². The minimum absolute atomic E-state index is 0.0162. The Labute approximate surface area is 439 Å². The van der Waals surface area contributed by atoms with Gasteiger partial charge in [-0.05, 0) is 107 Å². The number of piperidine rings is 1. The van der Waals surface area contributed by atoms with Crippen molar-refractivity contribution >= 4 is 45.9 Å². The molecule has 5 aromatic heterocycles. The molecular weight excluding hydrogens is 971 g/mol. The zero-order chi connectivity index (χ0) is 54.2. The molecule has 9 rings (SSSR count). The van der Waals surface area contributed by atoms with Gasteiger partial charge in [0.1, 0.15) is 17.0 Å². The first-order valence-corrected chi connectivity index (χ1v) is 25.8. The predicted octanol–water partition coefficient (Wildman–Crippen LogP) is 5.98. The number of piperazine rings is 1. The van der Waals surface area contributed by atoms with Crippen LogP contribution in [0.5, 0.6) is 11.5 Å². The van der Waals surface area contributed by atoms with E-state index in [1.165, 1.54) is 13.0 Å². The monoisotopic (exact) mass is 1040 g/mol. The van der Waals surface area contributed by atoms with Crippen LogP contribution in [0.2, 0.25) is 0 Å². The van der Waals surface area contributed by atoms with Crippen molar-refractivity contribution in [3.8, 4) is 39.8 Å². The number of imidazole rings is 1. The molecule has 0 bridgehead atoms. The molecule has 2 aliphatic rings. The number of aryl methyl sites for hydroxylation is 2. The number of ether oxygens (including phenoxy) is 1. The normalized spacial score (nSPS) is 15.1. The van der Waals surface area contributed by atoms with Gasteiger partial charge in [-0.15, -0.1) is 10.2 Å². The van der Waals surface area contributed by atoms with E-state index in [9.17, 15) is 34.2 Å². The Hall–Kier alpha value is -8.20. The van der Waals surface area contributed by atoms with Crippen LogP contribution in [0.1, 0.15) is 100 Å². The van der Waals surface area contributed by atoms with E-state index in [4.69, 9.17) is 9.72 Å². The molecule has 0 radical (unpaired) electrons. The Balaban J connectivity index is 0.761. The third kappa shape index (κ3) is 10.8. The molecule has 1 atom stereocenters. The Morgan fingerprint density at radius 1 is 0.855 bits per heavy atom. The Morgan fingerprint density at radius 3 is 2.25 bits per heavy atom. The summed E-state index contributed by atoms with van der Waals surface area (Å²) < 4.78 is 10.6. The standard InChI is InChI=1S/C55H65N13O8/c1-9-56-51(72)50-62-61-49(40-26-39(32(2)3)44(69)27-45(40)70)68(50)37-14-11-35(12-15-37)31-64-22-24-65(25-23-64)46(71)28-55(6,7)60-53(74)76-34(5)52(73)66-20-18-38(19-21-66)67-48-43(63(8)54(67)75)30-58-42-17-16-41(59-47(42)48)36-13-10-33(4)57-29-36/h10-17,26-27,29-30,32,34,38,69-70H,9,18-25,28,31H2,1-8H3,(H,56,72)(H,60,74)/t34-/m0/s1. The Kier molecular flexibility index (Phi) is 14.9. The molecular formula is C55H65N13O8. The SMILES string of the molecule is CCNC(=O)c1nnc(-c2cc(C(C)C)c(O)cc2O)n1-c1ccc(CN2CCN(C(=O)CC(C)(C)NC(=O)O[C@@H](C)C(=O)N3CCC(n4c(=O)n(C)c5cnc6ccc(-c7ccc(C)nc7)nc6c54)CC3)CC2)cc1. The molecule has 76 heavy (non-hydrogen) atoms. The molecule has 21 nitrogen and oxygen atoms in total. The maximum absolute atomic E-state index is 13.8. The molecule has 0 saturated carbocycles. The summed E-state index contributed by atoms with van der Waals surface area (Å²) in [6.07, 6.45) is 2.58. The minimum atomic E-state index is -1.09. The number of hydrogen-bond donors (Lipinski definition) is 4. The lowest BCUT2D eigenvalue weighted by atomic mass is 9.98. The van der Waals surface area contributed by atoms with Crippen LogP contribution in [0.4, 0.5) is 4.79 Å². The van der Waals surface area contributed by atoms with E-state index in [0.29, 0.717) is 110 Å². The van der Waals surface area contributed by atoms with Gasteiger partial charge in [0.25, 0.3) is 11.8 Å². The summed E-state index contributed by atoms with van der Waals surface area (Å²) in [4.78, 5) is 87.2. The second kappa shape index (κ2) is 21.6. The topological polar surface area (TPSA) is 248 Å². The van der Waals surface area contributed by atoms with Crippen molar-refractivity contribution in [1.29, 1.82) is 0 Å². The van der Waals surface area contributed by atoms with E-state index in [0.717, 1.165) is 16.8 Å². The number of carbonyl (C=O) groups excluding carboxylic acids is 4. The van der Waals surface area contributed by atoms with Crippen molar-refractivity contribution < 1.29 is 34.1 Å². The highest BCUT2D eigenvalue weighted by molar-refractivity contribution is 6.00. The van der Waals surface area contributed by atoms with Crippen LogP contribution in [0, 0.1) is 6.92 Å². The Bertz CT molecular complexity index is 3380. The Morgan fingerprint density at radius 2 is 1.58 bits per heavy atom. The number of nitrogens with one attached hydrogen (secondary N) is 2. The van der Waals surface area contributed by atoms with Crippen LogP contribution in [0.3, 0.4) is 0 Å². The molecule has 7 aromatic rings. The highest BCUT2D eigenvalue weighted by Crippen LogP contribution is 2.38. The van der Waals surface area contributed by atoms with E-state index in [-0.39, 0.29) is 59.0 Å². The number of phenolic OH excluding ortho intramolecular Hbond substituents is 2. The van der Waals surface area contributed by atoms with Gasteiger partial charge >= 0.3 is 11.8 Å². The van der Waals surface area contributed by atoms with Gasteiger partial charge in [-0.25, -0.2) is 14.6 Å². The number of alkyl carbamates (subject to hydrolysis) is 1. The van der Waals surface area contributed by atoms with Gasteiger partial charge in [0.05, 0.1) is 34.0 Å². The fraction of sp³-hybridized carbons (Fsp3) is 0.418. The molecule has 2 saturated heterocycles. The lowest BCUT2D eigenvalue weighted by molar-refractivity contribution is -0.141. The third-order valence-electron chi connectivity index (χ3n) is 14.3. The number of nitrogens with zero attached hydrogens (tertiary/aromatic N) is 11. The summed E-state index contributed by atoms with van der Waals surface area (Å²) in [5, 5.41) is 35.5. The van der Waals surface area contributed by atoms with Crippen LogP contribution in [-0.4, -0.2) is 145 Å². The average Bonchev–Trinajstić information content (AvgIpc) is 3.95. The lowest BCUT2D eigenvalue weighted by Gasteiger charge is -2.36. The maximum atomic E-state index is 13.8. The molecule has 0 unspecified atom stereocenters. The van der Waals surface area contributed by atoms with Crippen molar-refractivity contribution in [1.82, 2.24) is 64.2 Å². The number of benzene rings is 2. The second-order valence-electron chi connectivity index (χ2n) is 20.7. The van der Waals surface area contributed by atoms with Crippen LogP contribution in [-0.2, 0) is 27.9 Å². The van der Waals surface area contributed by atoms with E-state index < -0.39 is 23.6 Å². The van der Waals surface area contributed by atoms with E-state index in [2.05, 4.69) is 35.7 Å². The van der Waals surface area contributed by atoms with Gasteiger partial charge in [-0.3, -0.25) is 43.0 Å². The molecule has 7 heterocycles. The van der Waals surface area contributed by atoms with E-state index in [1.807, 2.05) is 69.3 Å². The number of aromatic nitrogens is 8. The van der Waals surface area contributed by atoms with Crippen LogP contribution >= 0.6 is 0 Å². The number of rotatable bonds is 14. The van der Waals surface area contributed by atoms with Gasteiger partial charge in [0, 0.05) is 107 Å². The predicted molar refractivity (Wildman–Crippen MR) is 285 cm³/mol. The number of hydrogen-bond acceptors (Lipinski definition) is 14. The largest absolute Gasteiger partial charge is 0.508 e. The van der Waals surface area contributed by atoms with Crippen molar-refractivity contribution in [3.63, 3.8) is 0 Å². The fourth-order valence-electron chi connectivity index (χ4n) is 10.1. The molecule has 0 aliphatic carbocycles. The van der Waals surface area contributed by atoms with Gasteiger partial charge in [0.2, 0.25) is 11.7 Å². The van der Waals surface area contributed by atoms with Gasteiger partial charge in [-0.2, -0.15) is 0 Å². The molecule has 21 heteroatoms. The molecule has 398 valence electrons. The van der Waals surface area contributed by atoms with Crippen molar-refractivity contribution in [2.45, 2.75) is 97.9 Å². The van der Waals surface area contributed by atoms with Crippen LogP contribution in [0.25, 0.3) is 50.4 Å². The smallest absolute Gasteiger partial charge is 0.408 e. The average molecular weight is 1040 g/mol. The summed E-state index contributed by atoms with van der Waals surface area (Å²) in [5.41, 5.74) is 6.44. The van der Waals surface area contributed by atoms with Gasteiger partial charge in [-0.1, -0.05) is 26.0 Å². The minimum Gasteiger partial charge on any atom is -0.508 e. The summed E-state index contributed by atoms with van der Waals surface area (Å²) in [5.74, 6) is -0.898. The number of amides is 4. The fourth-order valence-corrected chi connectivity index (χ4v) is 10.1. The first-order valence-electron chi connectivity index (χ1n) is 25.8. The van der Waals surface area contributed by atoms with Crippen LogP contribution in [0.15, 0.2) is 77.9 Å². The highest BCUT2D eigenvalue weighted by atomic mass is 16.6.